The van der Waals surface area contributed by atoms with Gasteiger partial charge in [0.25, 0.3) is 0 Å². The van der Waals surface area contributed by atoms with Gasteiger partial charge in [0.2, 0.25) is 5.95 Å². The third-order valence-corrected chi connectivity index (χ3v) is 5.44. The summed E-state index contributed by atoms with van der Waals surface area (Å²) in [4.78, 5) is 20.6. The standard InChI is InChI=1S/C23H28N6/c1-17-14-18(2)26-23(25-17)28-22-16-24-15-21(27-22)20-9-12-29(13-10-20)11-8-19-6-4-3-5-7-19/h3-7,14-16,20H,8-13H2,1-2H3,(H,25,26,27,28). The maximum atomic E-state index is 4.80. The SMILES string of the molecule is Cc1cc(C)nc(Nc2cncc(C3CCN(CCc4ccccc4)CC3)n2)n1. The lowest BCUT2D eigenvalue weighted by Gasteiger charge is -2.31. The summed E-state index contributed by atoms with van der Waals surface area (Å²) in [7, 11) is 0. The number of hydrogen-bond donors (Lipinski definition) is 1. The molecule has 0 bridgehead atoms. The first-order valence-electron chi connectivity index (χ1n) is 10.3. The van der Waals surface area contributed by atoms with E-state index in [0.29, 0.717) is 17.7 Å². The van der Waals surface area contributed by atoms with E-state index in [1.807, 2.05) is 26.1 Å². The molecule has 4 rings (SSSR count). The number of rotatable bonds is 6. The second-order valence-electron chi connectivity index (χ2n) is 7.78. The Bertz CT molecular complexity index is 915. The summed E-state index contributed by atoms with van der Waals surface area (Å²) in [5, 5.41) is 3.21. The van der Waals surface area contributed by atoms with Crippen molar-refractivity contribution in [3.8, 4) is 0 Å². The topological polar surface area (TPSA) is 66.8 Å². The van der Waals surface area contributed by atoms with Gasteiger partial charge in [-0.05, 0) is 57.8 Å². The number of nitrogens with one attached hydrogen (secondary N) is 1. The first kappa shape index (κ1) is 19.5. The maximum absolute atomic E-state index is 4.80. The molecule has 1 aliphatic rings. The van der Waals surface area contributed by atoms with Gasteiger partial charge < -0.3 is 10.2 Å². The van der Waals surface area contributed by atoms with Crippen LogP contribution in [0.3, 0.4) is 0 Å². The zero-order valence-corrected chi connectivity index (χ0v) is 17.2. The molecule has 6 nitrogen and oxygen atoms in total. The van der Waals surface area contributed by atoms with Crippen LogP contribution in [0, 0.1) is 13.8 Å². The van der Waals surface area contributed by atoms with Crippen LogP contribution in [0.1, 0.15) is 41.4 Å². The zero-order chi connectivity index (χ0) is 20.1. The van der Waals surface area contributed by atoms with Gasteiger partial charge in [0, 0.05) is 30.0 Å². The molecule has 6 heteroatoms. The van der Waals surface area contributed by atoms with Crippen LogP contribution < -0.4 is 5.32 Å². The second kappa shape index (κ2) is 9.09. The number of hydrogen-bond acceptors (Lipinski definition) is 6. The number of anilines is 2. The fourth-order valence-electron chi connectivity index (χ4n) is 3.92. The van der Waals surface area contributed by atoms with Gasteiger partial charge in [0.05, 0.1) is 11.9 Å². The van der Waals surface area contributed by atoms with Crippen LogP contribution in [0.5, 0.6) is 0 Å². The van der Waals surface area contributed by atoms with E-state index in [9.17, 15) is 0 Å². The molecule has 1 N–H and O–H groups in total. The van der Waals surface area contributed by atoms with Crippen LogP contribution in [0.2, 0.25) is 0 Å². The van der Waals surface area contributed by atoms with Crippen LogP contribution in [0.15, 0.2) is 48.8 Å². The summed E-state index contributed by atoms with van der Waals surface area (Å²) < 4.78 is 0. The summed E-state index contributed by atoms with van der Waals surface area (Å²) in [6, 6.07) is 12.7. The summed E-state index contributed by atoms with van der Waals surface area (Å²) in [6.07, 6.45) is 6.98. The number of nitrogens with zero attached hydrogens (tertiary/aromatic N) is 5. The molecule has 1 aromatic carbocycles. The summed E-state index contributed by atoms with van der Waals surface area (Å²) >= 11 is 0. The molecule has 0 amide bonds. The van der Waals surface area contributed by atoms with E-state index in [4.69, 9.17) is 4.98 Å². The van der Waals surface area contributed by atoms with E-state index >= 15 is 0 Å². The van der Waals surface area contributed by atoms with Crippen molar-refractivity contribution < 1.29 is 0 Å². The molecule has 0 aliphatic carbocycles. The summed E-state index contributed by atoms with van der Waals surface area (Å²) in [5.41, 5.74) is 4.34. The predicted octanol–water partition coefficient (Wildman–Crippen LogP) is 4.05. The van der Waals surface area contributed by atoms with Crippen LogP contribution in [-0.2, 0) is 6.42 Å². The third kappa shape index (κ3) is 5.35. The Morgan fingerprint density at radius 2 is 1.69 bits per heavy atom. The van der Waals surface area contributed by atoms with Gasteiger partial charge in [0.15, 0.2) is 5.82 Å². The average Bonchev–Trinajstić information content (AvgIpc) is 2.73. The van der Waals surface area contributed by atoms with E-state index in [1.54, 1.807) is 6.20 Å². The van der Waals surface area contributed by atoms with Crippen LogP contribution >= 0.6 is 0 Å². The van der Waals surface area contributed by atoms with E-state index < -0.39 is 0 Å². The van der Waals surface area contributed by atoms with Crippen LogP contribution in [-0.4, -0.2) is 44.5 Å². The minimum Gasteiger partial charge on any atom is -0.307 e. The quantitative estimate of drug-likeness (QED) is 0.687. The molecular weight excluding hydrogens is 360 g/mol. The van der Waals surface area contributed by atoms with Gasteiger partial charge in [-0.15, -0.1) is 0 Å². The molecule has 0 unspecified atom stereocenters. The predicted molar refractivity (Wildman–Crippen MR) is 115 cm³/mol. The average molecular weight is 389 g/mol. The van der Waals surface area contributed by atoms with E-state index in [2.05, 4.69) is 55.5 Å². The fraction of sp³-hybridized carbons (Fsp3) is 0.391. The lowest BCUT2D eigenvalue weighted by Crippen LogP contribution is -2.34. The summed E-state index contributed by atoms with van der Waals surface area (Å²) in [5.74, 6) is 1.74. The lowest BCUT2D eigenvalue weighted by molar-refractivity contribution is 0.213. The fourth-order valence-corrected chi connectivity index (χ4v) is 3.92. The molecule has 1 fully saturated rings. The van der Waals surface area contributed by atoms with Crippen LogP contribution in [0.25, 0.3) is 0 Å². The zero-order valence-electron chi connectivity index (χ0n) is 17.2. The third-order valence-electron chi connectivity index (χ3n) is 5.44. The Hall–Kier alpha value is -2.86. The van der Waals surface area contributed by atoms with Crippen molar-refractivity contribution >= 4 is 11.8 Å². The molecule has 1 saturated heterocycles. The maximum Gasteiger partial charge on any atom is 0.228 e. The van der Waals surface area contributed by atoms with Gasteiger partial charge in [-0.25, -0.2) is 15.0 Å². The highest BCUT2D eigenvalue weighted by atomic mass is 15.2. The monoisotopic (exact) mass is 388 g/mol. The highest BCUT2D eigenvalue weighted by molar-refractivity contribution is 5.46. The molecule has 29 heavy (non-hydrogen) atoms. The molecule has 150 valence electrons. The van der Waals surface area contributed by atoms with Gasteiger partial charge in [0.1, 0.15) is 0 Å². The molecule has 0 saturated carbocycles. The number of benzene rings is 1. The number of aryl methyl sites for hydroxylation is 2. The van der Waals surface area contributed by atoms with Crippen molar-refractivity contribution in [3.63, 3.8) is 0 Å². The molecule has 0 atom stereocenters. The summed E-state index contributed by atoms with van der Waals surface area (Å²) in [6.45, 7) is 7.27. The van der Waals surface area contributed by atoms with Crippen molar-refractivity contribution in [1.29, 1.82) is 0 Å². The van der Waals surface area contributed by atoms with Crippen molar-refractivity contribution in [3.05, 3.63) is 71.4 Å². The smallest absolute Gasteiger partial charge is 0.228 e. The Kier molecular flexibility index (Phi) is 6.10. The minimum absolute atomic E-state index is 0.456. The Morgan fingerprint density at radius 1 is 0.966 bits per heavy atom. The number of likely N-dealkylation sites (tertiary alicyclic amines) is 1. The van der Waals surface area contributed by atoms with Crippen molar-refractivity contribution in [2.75, 3.05) is 25.0 Å². The minimum atomic E-state index is 0.456. The molecule has 3 aromatic rings. The van der Waals surface area contributed by atoms with Crippen molar-refractivity contribution in [1.82, 2.24) is 24.8 Å². The molecular formula is C23H28N6. The van der Waals surface area contributed by atoms with Crippen molar-refractivity contribution in [2.24, 2.45) is 0 Å². The molecule has 2 aromatic heterocycles. The van der Waals surface area contributed by atoms with E-state index in [0.717, 1.165) is 56.0 Å². The van der Waals surface area contributed by atoms with Crippen LogP contribution in [0.4, 0.5) is 11.8 Å². The van der Waals surface area contributed by atoms with Gasteiger partial charge in [-0.1, -0.05) is 30.3 Å². The normalized spacial score (nSPS) is 15.4. The largest absolute Gasteiger partial charge is 0.307 e. The first-order chi connectivity index (χ1) is 14.2. The molecule has 1 aliphatic heterocycles. The highest BCUT2D eigenvalue weighted by Gasteiger charge is 2.22. The Balaban J connectivity index is 1.33. The van der Waals surface area contributed by atoms with Crippen molar-refractivity contribution in [2.45, 2.75) is 39.0 Å². The first-order valence-corrected chi connectivity index (χ1v) is 10.3. The van der Waals surface area contributed by atoms with Gasteiger partial charge >= 0.3 is 0 Å². The molecule has 0 radical (unpaired) electrons. The molecule has 3 heterocycles. The number of piperidine rings is 1. The molecule has 0 spiro atoms. The highest BCUT2D eigenvalue weighted by Crippen LogP contribution is 2.27. The Morgan fingerprint density at radius 3 is 2.41 bits per heavy atom. The van der Waals surface area contributed by atoms with Gasteiger partial charge in [-0.3, -0.25) is 4.98 Å². The Labute approximate surface area is 172 Å². The number of aromatic nitrogens is 4. The lowest BCUT2D eigenvalue weighted by atomic mass is 9.93. The van der Waals surface area contributed by atoms with Gasteiger partial charge in [-0.2, -0.15) is 0 Å². The van der Waals surface area contributed by atoms with E-state index in [-0.39, 0.29) is 0 Å². The second-order valence-corrected chi connectivity index (χ2v) is 7.78. The van der Waals surface area contributed by atoms with E-state index in [1.165, 1.54) is 5.56 Å².